The van der Waals surface area contributed by atoms with E-state index in [9.17, 15) is 9.90 Å². The number of benzene rings is 1. The summed E-state index contributed by atoms with van der Waals surface area (Å²) >= 11 is 5.38. The summed E-state index contributed by atoms with van der Waals surface area (Å²) in [5.74, 6) is 4.52. The minimum absolute atomic E-state index is 0.0294. The van der Waals surface area contributed by atoms with E-state index in [-0.39, 0.29) is 18.1 Å². The molecule has 15 heavy (non-hydrogen) atoms. The van der Waals surface area contributed by atoms with Crippen LogP contribution in [-0.2, 0) is 11.2 Å². The topological polar surface area (TPSA) is 57.5 Å². The molecule has 1 aromatic rings. The molecule has 2 N–H and O–H groups in total. The standard InChI is InChI=1S/C11H9ClO3/c12-5-1-2-9-6-8(7-11(14)15)3-4-10(9)13/h3-4,6,13H,5,7H2,(H,14,15). The highest BCUT2D eigenvalue weighted by atomic mass is 35.5. The molecule has 0 heterocycles. The molecule has 0 atom stereocenters. The third kappa shape index (κ3) is 3.53. The summed E-state index contributed by atoms with van der Waals surface area (Å²) in [6.45, 7) is 0. The molecule has 0 saturated carbocycles. The molecule has 0 aromatic heterocycles. The van der Waals surface area contributed by atoms with Crippen molar-refractivity contribution < 1.29 is 15.0 Å². The Morgan fingerprint density at radius 2 is 2.20 bits per heavy atom. The van der Waals surface area contributed by atoms with Crippen molar-refractivity contribution in [2.45, 2.75) is 6.42 Å². The maximum atomic E-state index is 10.5. The molecule has 78 valence electrons. The molecule has 0 saturated heterocycles. The zero-order valence-electron chi connectivity index (χ0n) is 7.83. The molecular formula is C11H9ClO3. The highest BCUT2D eigenvalue weighted by Gasteiger charge is 2.03. The summed E-state index contributed by atoms with van der Waals surface area (Å²) in [5.41, 5.74) is 0.994. The Morgan fingerprint density at radius 1 is 1.47 bits per heavy atom. The SMILES string of the molecule is O=C(O)Cc1ccc(O)c(C#CCCl)c1. The number of carboxylic acid groups (broad SMARTS) is 1. The van der Waals surface area contributed by atoms with Gasteiger partial charge in [0, 0.05) is 0 Å². The number of hydrogen-bond acceptors (Lipinski definition) is 2. The molecule has 3 nitrogen and oxygen atoms in total. The highest BCUT2D eigenvalue weighted by molar-refractivity contribution is 6.19. The lowest BCUT2D eigenvalue weighted by Gasteiger charge is -2.00. The lowest BCUT2D eigenvalue weighted by molar-refractivity contribution is -0.136. The molecule has 0 aliphatic rings. The Bertz CT molecular complexity index is 429. The van der Waals surface area contributed by atoms with Crippen molar-refractivity contribution in [3.63, 3.8) is 0 Å². The number of phenolic OH excluding ortho intramolecular Hbond substituents is 1. The van der Waals surface area contributed by atoms with Crippen molar-refractivity contribution in [2.75, 3.05) is 5.88 Å². The molecule has 0 bridgehead atoms. The van der Waals surface area contributed by atoms with Gasteiger partial charge in [0.25, 0.3) is 0 Å². The number of halogens is 1. The number of alkyl halides is 1. The zero-order valence-corrected chi connectivity index (χ0v) is 8.58. The summed E-state index contributed by atoms with van der Waals surface area (Å²) < 4.78 is 0. The number of rotatable bonds is 2. The van der Waals surface area contributed by atoms with Crippen molar-refractivity contribution in [1.82, 2.24) is 0 Å². The van der Waals surface area contributed by atoms with Crippen LogP contribution in [0.5, 0.6) is 5.75 Å². The van der Waals surface area contributed by atoms with Crippen LogP contribution in [0.2, 0.25) is 0 Å². The lowest BCUT2D eigenvalue weighted by atomic mass is 10.1. The Labute approximate surface area is 92.3 Å². The normalized spacial score (nSPS) is 9.13. The van der Waals surface area contributed by atoms with Crippen LogP contribution in [0.15, 0.2) is 18.2 Å². The fourth-order valence-corrected chi connectivity index (χ4v) is 1.16. The van der Waals surface area contributed by atoms with Gasteiger partial charge in [0.15, 0.2) is 0 Å². The number of aliphatic carboxylic acids is 1. The second-order valence-electron chi connectivity index (χ2n) is 2.86. The van der Waals surface area contributed by atoms with Crippen LogP contribution in [0.1, 0.15) is 11.1 Å². The van der Waals surface area contributed by atoms with Crippen LogP contribution >= 0.6 is 11.6 Å². The van der Waals surface area contributed by atoms with Crippen molar-refractivity contribution >= 4 is 17.6 Å². The molecule has 0 fully saturated rings. The van der Waals surface area contributed by atoms with Crippen molar-refractivity contribution in [1.29, 1.82) is 0 Å². The second kappa shape index (κ2) is 5.28. The van der Waals surface area contributed by atoms with Gasteiger partial charge in [-0.1, -0.05) is 17.9 Å². The second-order valence-corrected chi connectivity index (χ2v) is 3.12. The van der Waals surface area contributed by atoms with E-state index in [2.05, 4.69) is 11.8 Å². The molecule has 0 radical (unpaired) electrons. The first-order chi connectivity index (χ1) is 7.13. The zero-order chi connectivity index (χ0) is 11.3. The first-order valence-electron chi connectivity index (χ1n) is 4.22. The Hall–Kier alpha value is -1.66. The van der Waals surface area contributed by atoms with Crippen molar-refractivity contribution in [3.05, 3.63) is 29.3 Å². The molecule has 0 spiro atoms. The summed E-state index contributed by atoms with van der Waals surface area (Å²) in [5, 5.41) is 18.0. The van der Waals surface area contributed by atoms with Gasteiger partial charge in [0.1, 0.15) is 5.75 Å². The van der Waals surface area contributed by atoms with Crippen LogP contribution in [-0.4, -0.2) is 22.1 Å². The van der Waals surface area contributed by atoms with Crippen molar-refractivity contribution in [2.24, 2.45) is 0 Å². The third-order valence-electron chi connectivity index (χ3n) is 1.71. The lowest BCUT2D eigenvalue weighted by Crippen LogP contribution is -2.00. The predicted molar refractivity (Wildman–Crippen MR) is 57.0 cm³/mol. The molecular weight excluding hydrogens is 216 g/mol. The van der Waals surface area contributed by atoms with Gasteiger partial charge in [-0.05, 0) is 17.7 Å². The van der Waals surface area contributed by atoms with Crippen LogP contribution in [0.3, 0.4) is 0 Å². The molecule has 1 aromatic carbocycles. The van der Waals surface area contributed by atoms with Gasteiger partial charge in [0.2, 0.25) is 0 Å². The van der Waals surface area contributed by atoms with Gasteiger partial charge in [-0.2, -0.15) is 0 Å². The van der Waals surface area contributed by atoms with E-state index in [4.69, 9.17) is 16.7 Å². The Balaban J connectivity index is 2.99. The van der Waals surface area contributed by atoms with E-state index in [1.807, 2.05) is 0 Å². The summed E-state index contributed by atoms with van der Waals surface area (Å²) in [4.78, 5) is 10.5. The van der Waals surface area contributed by atoms with E-state index in [1.54, 1.807) is 12.1 Å². The van der Waals surface area contributed by atoms with Gasteiger partial charge < -0.3 is 10.2 Å². The first-order valence-corrected chi connectivity index (χ1v) is 4.75. The maximum Gasteiger partial charge on any atom is 0.307 e. The minimum atomic E-state index is -0.919. The number of aromatic hydroxyl groups is 1. The first kappa shape index (κ1) is 11.4. The van der Waals surface area contributed by atoms with E-state index in [1.165, 1.54) is 6.07 Å². The number of phenols is 1. The smallest absolute Gasteiger partial charge is 0.307 e. The Morgan fingerprint density at radius 3 is 2.80 bits per heavy atom. The molecule has 0 amide bonds. The predicted octanol–water partition coefficient (Wildman–Crippen LogP) is 1.61. The molecule has 0 aliphatic carbocycles. The summed E-state index contributed by atoms with van der Waals surface area (Å²) in [7, 11) is 0. The molecule has 1 rings (SSSR count). The fourth-order valence-electron chi connectivity index (χ4n) is 1.10. The van der Waals surface area contributed by atoms with Crippen LogP contribution in [0.25, 0.3) is 0 Å². The van der Waals surface area contributed by atoms with Crippen molar-refractivity contribution in [3.8, 4) is 17.6 Å². The largest absolute Gasteiger partial charge is 0.507 e. The van der Waals surface area contributed by atoms with Crippen LogP contribution in [0.4, 0.5) is 0 Å². The average Bonchev–Trinajstić information content (AvgIpc) is 2.18. The quantitative estimate of drug-likeness (QED) is 0.593. The van der Waals surface area contributed by atoms with E-state index >= 15 is 0 Å². The summed E-state index contributed by atoms with van der Waals surface area (Å²) in [6.07, 6.45) is -0.0875. The summed E-state index contributed by atoms with van der Waals surface area (Å²) in [6, 6.07) is 4.52. The van der Waals surface area contributed by atoms with E-state index in [0.717, 1.165) is 0 Å². The average molecular weight is 225 g/mol. The van der Waals surface area contributed by atoms with Crippen LogP contribution in [0, 0.1) is 11.8 Å². The third-order valence-corrected chi connectivity index (χ3v) is 1.84. The highest BCUT2D eigenvalue weighted by Crippen LogP contribution is 2.17. The molecule has 4 heteroatoms. The monoisotopic (exact) mass is 224 g/mol. The number of hydrogen-bond donors (Lipinski definition) is 2. The van der Waals surface area contributed by atoms with Gasteiger partial charge in [0.05, 0.1) is 17.9 Å². The van der Waals surface area contributed by atoms with Gasteiger partial charge in [-0.25, -0.2) is 0 Å². The van der Waals surface area contributed by atoms with E-state index in [0.29, 0.717) is 11.1 Å². The number of carboxylic acids is 1. The Kier molecular flexibility index (Phi) is 4.02. The van der Waals surface area contributed by atoms with Gasteiger partial charge >= 0.3 is 5.97 Å². The molecule has 0 unspecified atom stereocenters. The van der Waals surface area contributed by atoms with Gasteiger partial charge in [-0.15, -0.1) is 11.6 Å². The number of carbonyl (C=O) groups is 1. The fraction of sp³-hybridized carbons (Fsp3) is 0.182. The van der Waals surface area contributed by atoms with E-state index < -0.39 is 5.97 Å². The van der Waals surface area contributed by atoms with Crippen LogP contribution < -0.4 is 0 Å². The maximum absolute atomic E-state index is 10.5. The van der Waals surface area contributed by atoms with Gasteiger partial charge in [-0.3, -0.25) is 4.79 Å². The molecule has 0 aliphatic heterocycles. The minimum Gasteiger partial charge on any atom is -0.507 e.